The molecular weight excluding hydrogens is 432 g/mol. The van der Waals surface area contributed by atoms with Crippen molar-refractivity contribution in [2.24, 2.45) is 0 Å². The molecule has 3 heterocycles. The second kappa shape index (κ2) is 9.97. The highest BCUT2D eigenvalue weighted by Gasteiger charge is 2.24. The maximum absolute atomic E-state index is 13.2. The number of thiophene rings is 1. The summed E-state index contributed by atoms with van der Waals surface area (Å²) in [5, 5.41) is 13.8. The number of benzene rings is 1. The molecule has 0 spiro atoms. The Morgan fingerprint density at radius 1 is 1.10 bits per heavy atom. The van der Waals surface area contributed by atoms with Gasteiger partial charge in [0, 0.05) is 24.0 Å². The minimum absolute atomic E-state index is 0.0455. The van der Waals surface area contributed by atoms with Gasteiger partial charge in [-0.15, -0.1) is 11.3 Å². The number of nitrogens with zero attached hydrogens (tertiary/aromatic N) is 2. The lowest BCUT2D eigenvalue weighted by atomic mass is 9.96. The monoisotopic (exact) mass is 454 g/mol. The van der Waals surface area contributed by atoms with E-state index in [2.05, 4.69) is 20.0 Å². The van der Waals surface area contributed by atoms with Crippen molar-refractivity contribution in [2.45, 2.75) is 22.7 Å². The highest BCUT2D eigenvalue weighted by molar-refractivity contribution is 7.85. The van der Waals surface area contributed by atoms with Crippen LogP contribution in [0, 0.1) is 0 Å². The molecule has 4 aromatic rings. The summed E-state index contributed by atoms with van der Waals surface area (Å²) < 4.78 is 22.4. The minimum Gasteiger partial charge on any atom is -0.508 e. The van der Waals surface area contributed by atoms with Crippen molar-refractivity contribution in [1.29, 1.82) is 0 Å². The molecule has 3 aromatic heterocycles. The predicted molar refractivity (Wildman–Crippen MR) is 121 cm³/mol. The number of phenols is 1. The van der Waals surface area contributed by atoms with Gasteiger partial charge in [0.1, 0.15) is 20.9 Å². The van der Waals surface area contributed by atoms with Gasteiger partial charge >= 0.3 is 0 Å². The van der Waals surface area contributed by atoms with E-state index < -0.39 is 11.0 Å². The standard InChI is InChI=1S/C22H22N4O3S2/c1-23-17(15-5-4-10-24-12-15)11-18(16-6-2-3-7-19(16)27)26-31(28)22-9-8-21(30-22)20-13-25-14-29-20/h2-10,12-14,17-18,23,26-27H,11H2,1H3. The number of rotatable bonds is 9. The molecule has 0 aliphatic carbocycles. The van der Waals surface area contributed by atoms with E-state index in [0.29, 0.717) is 22.0 Å². The fraction of sp³-hybridized carbons (Fsp3) is 0.182. The number of nitrogens with one attached hydrogen (secondary N) is 2. The van der Waals surface area contributed by atoms with E-state index in [0.717, 1.165) is 10.4 Å². The van der Waals surface area contributed by atoms with Crippen LogP contribution in [0.5, 0.6) is 5.75 Å². The first kappa shape index (κ1) is 21.4. The van der Waals surface area contributed by atoms with E-state index >= 15 is 0 Å². The second-order valence-electron chi connectivity index (χ2n) is 6.85. The maximum atomic E-state index is 13.2. The third-order valence-electron chi connectivity index (χ3n) is 4.91. The molecule has 160 valence electrons. The Labute approximate surface area is 186 Å². The predicted octanol–water partition coefficient (Wildman–Crippen LogP) is 4.21. The lowest BCUT2D eigenvalue weighted by Gasteiger charge is -2.25. The van der Waals surface area contributed by atoms with Crippen molar-refractivity contribution < 1.29 is 13.7 Å². The van der Waals surface area contributed by atoms with E-state index in [1.807, 2.05) is 49.6 Å². The van der Waals surface area contributed by atoms with Crippen LogP contribution in [0.3, 0.4) is 0 Å². The van der Waals surface area contributed by atoms with Gasteiger partial charge in [-0.05, 0) is 43.3 Å². The lowest BCUT2D eigenvalue weighted by molar-refractivity contribution is 0.431. The number of pyridine rings is 1. The Kier molecular flexibility index (Phi) is 6.88. The summed E-state index contributed by atoms with van der Waals surface area (Å²) in [6.45, 7) is 0. The average molecular weight is 455 g/mol. The highest BCUT2D eigenvalue weighted by Crippen LogP contribution is 2.34. The van der Waals surface area contributed by atoms with Crippen LogP contribution in [-0.4, -0.2) is 26.3 Å². The molecule has 0 bridgehead atoms. The summed E-state index contributed by atoms with van der Waals surface area (Å²) in [4.78, 5) is 8.99. The van der Waals surface area contributed by atoms with Crippen molar-refractivity contribution in [1.82, 2.24) is 20.0 Å². The van der Waals surface area contributed by atoms with Gasteiger partial charge in [-0.1, -0.05) is 24.3 Å². The van der Waals surface area contributed by atoms with E-state index in [1.54, 1.807) is 24.5 Å². The van der Waals surface area contributed by atoms with Crippen molar-refractivity contribution in [2.75, 3.05) is 7.05 Å². The van der Waals surface area contributed by atoms with Gasteiger partial charge in [0.25, 0.3) is 0 Å². The molecule has 4 rings (SSSR count). The molecule has 0 fully saturated rings. The maximum Gasteiger partial charge on any atom is 0.181 e. The summed E-state index contributed by atoms with van der Waals surface area (Å²) in [5.41, 5.74) is 1.70. The fourth-order valence-electron chi connectivity index (χ4n) is 3.34. The SMILES string of the molecule is CNC(CC(NS(=O)c1ccc(-c2cnco2)s1)c1ccccc1O)c1cccnc1. The molecule has 9 heteroatoms. The summed E-state index contributed by atoms with van der Waals surface area (Å²) in [5.74, 6) is 0.795. The Morgan fingerprint density at radius 3 is 2.68 bits per heavy atom. The fourth-order valence-corrected chi connectivity index (χ4v) is 5.53. The van der Waals surface area contributed by atoms with Gasteiger partial charge in [0.2, 0.25) is 0 Å². The number of phenolic OH excluding ortho intramolecular Hbond substituents is 1. The van der Waals surface area contributed by atoms with Crippen LogP contribution in [0.4, 0.5) is 0 Å². The van der Waals surface area contributed by atoms with Gasteiger partial charge in [-0.2, -0.15) is 0 Å². The molecule has 0 saturated heterocycles. The molecular formula is C22H22N4O3S2. The normalized spacial score (nSPS) is 14.2. The summed E-state index contributed by atoms with van der Waals surface area (Å²) in [7, 11) is 0.389. The second-order valence-corrected chi connectivity index (χ2v) is 9.40. The van der Waals surface area contributed by atoms with Gasteiger partial charge < -0.3 is 14.8 Å². The number of hydrogen-bond acceptors (Lipinski definition) is 7. The van der Waals surface area contributed by atoms with Crippen LogP contribution < -0.4 is 10.0 Å². The third kappa shape index (κ3) is 5.08. The first-order valence-corrected chi connectivity index (χ1v) is 11.6. The average Bonchev–Trinajstić information content (AvgIpc) is 3.49. The number of hydrogen-bond donors (Lipinski definition) is 3. The lowest BCUT2D eigenvalue weighted by Crippen LogP contribution is -2.28. The molecule has 31 heavy (non-hydrogen) atoms. The van der Waals surface area contributed by atoms with Crippen LogP contribution in [0.25, 0.3) is 10.6 Å². The van der Waals surface area contributed by atoms with E-state index in [-0.39, 0.29) is 17.8 Å². The number of para-hydroxylation sites is 1. The van der Waals surface area contributed by atoms with E-state index in [9.17, 15) is 9.32 Å². The molecule has 0 aliphatic rings. The largest absolute Gasteiger partial charge is 0.508 e. The van der Waals surface area contributed by atoms with E-state index in [4.69, 9.17) is 4.42 Å². The minimum atomic E-state index is -1.49. The summed E-state index contributed by atoms with van der Waals surface area (Å²) >= 11 is 1.38. The first-order chi connectivity index (χ1) is 15.2. The van der Waals surface area contributed by atoms with Crippen LogP contribution in [0.15, 0.2) is 82.1 Å². The smallest absolute Gasteiger partial charge is 0.181 e. The molecule has 3 atom stereocenters. The Bertz CT molecular complexity index is 1130. The third-order valence-corrected chi connectivity index (χ3v) is 7.51. The molecule has 0 radical (unpaired) electrons. The zero-order chi connectivity index (χ0) is 21.6. The van der Waals surface area contributed by atoms with Crippen molar-refractivity contribution in [3.8, 4) is 16.4 Å². The number of oxazole rings is 1. The topological polar surface area (TPSA) is 100 Å². The number of aromatic nitrogens is 2. The Hall–Kier alpha value is -2.85. The molecule has 0 saturated carbocycles. The summed E-state index contributed by atoms with van der Waals surface area (Å²) in [6.07, 6.45) is 7.10. The summed E-state index contributed by atoms with van der Waals surface area (Å²) in [6, 6.07) is 14.3. The zero-order valence-electron chi connectivity index (χ0n) is 16.8. The van der Waals surface area contributed by atoms with Crippen LogP contribution in [-0.2, 0) is 11.0 Å². The highest BCUT2D eigenvalue weighted by atomic mass is 32.2. The van der Waals surface area contributed by atoms with Crippen molar-refractivity contribution in [3.63, 3.8) is 0 Å². The molecule has 7 nitrogen and oxygen atoms in total. The van der Waals surface area contributed by atoms with Gasteiger partial charge in [0.05, 0.1) is 17.1 Å². The van der Waals surface area contributed by atoms with Crippen LogP contribution in [0.2, 0.25) is 0 Å². The molecule has 3 unspecified atom stereocenters. The molecule has 0 aliphatic heterocycles. The van der Waals surface area contributed by atoms with Gasteiger partial charge in [-0.25, -0.2) is 13.9 Å². The Balaban J connectivity index is 1.59. The molecule has 1 aromatic carbocycles. The van der Waals surface area contributed by atoms with Gasteiger partial charge in [-0.3, -0.25) is 4.98 Å². The van der Waals surface area contributed by atoms with Crippen molar-refractivity contribution in [3.05, 3.63) is 84.6 Å². The zero-order valence-corrected chi connectivity index (χ0v) is 18.4. The Morgan fingerprint density at radius 2 is 1.97 bits per heavy atom. The van der Waals surface area contributed by atoms with Crippen molar-refractivity contribution >= 4 is 22.3 Å². The van der Waals surface area contributed by atoms with Crippen LogP contribution >= 0.6 is 11.3 Å². The quantitative estimate of drug-likeness (QED) is 0.350. The van der Waals surface area contributed by atoms with Crippen LogP contribution in [0.1, 0.15) is 29.6 Å². The van der Waals surface area contributed by atoms with Gasteiger partial charge in [0.15, 0.2) is 12.2 Å². The molecule has 0 amide bonds. The van der Waals surface area contributed by atoms with E-state index in [1.165, 1.54) is 17.7 Å². The number of aromatic hydroxyl groups is 1. The molecule has 3 N–H and O–H groups in total. The first-order valence-electron chi connectivity index (χ1n) is 9.67.